The lowest BCUT2D eigenvalue weighted by molar-refractivity contribution is -0.120. The van der Waals surface area contributed by atoms with Crippen molar-refractivity contribution in [3.8, 4) is 0 Å². The summed E-state index contributed by atoms with van der Waals surface area (Å²) in [5.41, 5.74) is 0. The van der Waals surface area contributed by atoms with Crippen LogP contribution in [0.1, 0.15) is 32.6 Å². The number of rotatable bonds is 9. The normalized spacial score (nSPS) is 17.1. The van der Waals surface area contributed by atoms with E-state index in [2.05, 4.69) is 17.6 Å². The maximum atomic E-state index is 11.4. The Morgan fingerprint density at radius 1 is 1.50 bits per heavy atom. The fourth-order valence-corrected chi connectivity index (χ4v) is 1.89. The zero-order valence-corrected chi connectivity index (χ0v) is 10.4. The van der Waals surface area contributed by atoms with E-state index < -0.39 is 0 Å². The summed E-state index contributed by atoms with van der Waals surface area (Å²) in [6.45, 7) is 3.80. The molecule has 0 aliphatic heterocycles. The van der Waals surface area contributed by atoms with Crippen molar-refractivity contribution in [2.75, 3.05) is 26.8 Å². The van der Waals surface area contributed by atoms with E-state index in [1.165, 1.54) is 25.7 Å². The van der Waals surface area contributed by atoms with Crippen LogP contribution in [0.3, 0.4) is 0 Å². The Morgan fingerprint density at radius 2 is 2.25 bits per heavy atom. The lowest BCUT2D eigenvalue weighted by Gasteiger charge is -2.17. The first-order chi connectivity index (χ1) is 7.77. The van der Waals surface area contributed by atoms with Gasteiger partial charge in [-0.1, -0.05) is 13.3 Å². The van der Waals surface area contributed by atoms with Gasteiger partial charge in [-0.15, -0.1) is 0 Å². The quantitative estimate of drug-likeness (QED) is 0.577. The average molecular weight is 228 g/mol. The Hall–Kier alpha value is -0.610. The number of hydrogen-bond donors (Lipinski definition) is 2. The van der Waals surface area contributed by atoms with Gasteiger partial charge in [0.25, 0.3) is 0 Å². The van der Waals surface area contributed by atoms with Crippen LogP contribution in [-0.4, -0.2) is 38.8 Å². The molecule has 0 aromatic heterocycles. The van der Waals surface area contributed by atoms with Gasteiger partial charge in [-0.25, -0.2) is 0 Å². The molecule has 0 bridgehead atoms. The van der Waals surface area contributed by atoms with Crippen LogP contribution in [0.5, 0.6) is 0 Å². The van der Waals surface area contributed by atoms with Gasteiger partial charge in [-0.05, 0) is 25.2 Å². The number of ether oxygens (including phenoxy) is 1. The van der Waals surface area contributed by atoms with E-state index >= 15 is 0 Å². The van der Waals surface area contributed by atoms with Crippen molar-refractivity contribution in [3.05, 3.63) is 0 Å². The summed E-state index contributed by atoms with van der Waals surface area (Å²) in [5, 5.41) is 6.17. The molecular weight excluding hydrogens is 204 g/mol. The van der Waals surface area contributed by atoms with Gasteiger partial charge >= 0.3 is 0 Å². The predicted molar refractivity (Wildman–Crippen MR) is 64.3 cm³/mol. The second-order valence-corrected chi connectivity index (χ2v) is 4.46. The standard InChI is InChI=1S/C12H24N2O2/c1-3-4-11(10-5-6-10)14-9-12(15)13-7-8-16-2/h10-11,14H,3-9H2,1-2H3,(H,13,15). The van der Waals surface area contributed by atoms with Crippen LogP contribution in [0.15, 0.2) is 0 Å². The lowest BCUT2D eigenvalue weighted by Crippen LogP contribution is -2.41. The van der Waals surface area contributed by atoms with Crippen LogP contribution in [0.25, 0.3) is 0 Å². The van der Waals surface area contributed by atoms with Gasteiger partial charge in [0.15, 0.2) is 0 Å². The highest BCUT2D eigenvalue weighted by molar-refractivity contribution is 5.77. The van der Waals surface area contributed by atoms with Crippen LogP contribution >= 0.6 is 0 Å². The Bertz CT molecular complexity index is 205. The first kappa shape index (κ1) is 13.5. The smallest absolute Gasteiger partial charge is 0.234 e. The average Bonchev–Trinajstić information content (AvgIpc) is 3.08. The third kappa shape index (κ3) is 5.47. The van der Waals surface area contributed by atoms with Gasteiger partial charge in [0, 0.05) is 19.7 Å². The third-order valence-corrected chi connectivity index (χ3v) is 2.94. The number of carbonyl (C=O) groups is 1. The number of nitrogens with one attached hydrogen (secondary N) is 2. The summed E-state index contributed by atoms with van der Waals surface area (Å²) >= 11 is 0. The van der Waals surface area contributed by atoms with Gasteiger partial charge < -0.3 is 15.4 Å². The van der Waals surface area contributed by atoms with E-state index in [0.717, 1.165) is 5.92 Å². The monoisotopic (exact) mass is 228 g/mol. The molecule has 0 radical (unpaired) electrons. The number of methoxy groups -OCH3 is 1. The Balaban J connectivity index is 2.08. The zero-order chi connectivity index (χ0) is 11.8. The van der Waals surface area contributed by atoms with Gasteiger partial charge in [0.2, 0.25) is 5.91 Å². The molecule has 1 fully saturated rings. The van der Waals surface area contributed by atoms with Crippen molar-refractivity contribution in [1.29, 1.82) is 0 Å². The Labute approximate surface area is 98.1 Å². The molecule has 1 atom stereocenters. The minimum Gasteiger partial charge on any atom is -0.383 e. The van der Waals surface area contributed by atoms with Crippen LogP contribution in [0, 0.1) is 5.92 Å². The summed E-state index contributed by atoms with van der Waals surface area (Å²) < 4.78 is 4.87. The summed E-state index contributed by atoms with van der Waals surface area (Å²) in [5.74, 6) is 0.880. The van der Waals surface area contributed by atoms with Crippen LogP contribution < -0.4 is 10.6 Å². The molecule has 0 aromatic carbocycles. The van der Waals surface area contributed by atoms with Crippen molar-refractivity contribution in [3.63, 3.8) is 0 Å². The zero-order valence-electron chi connectivity index (χ0n) is 10.4. The first-order valence-corrected chi connectivity index (χ1v) is 6.27. The summed E-state index contributed by atoms with van der Waals surface area (Å²) in [7, 11) is 1.63. The SMILES string of the molecule is CCCC(NCC(=O)NCCOC)C1CC1. The summed E-state index contributed by atoms with van der Waals surface area (Å²) in [6.07, 6.45) is 5.00. The molecule has 1 amide bonds. The second-order valence-electron chi connectivity index (χ2n) is 4.46. The molecule has 1 unspecified atom stereocenters. The molecule has 2 N–H and O–H groups in total. The molecular formula is C12H24N2O2. The summed E-state index contributed by atoms with van der Waals surface area (Å²) in [6, 6.07) is 0.540. The predicted octanol–water partition coefficient (Wildman–Crippen LogP) is 0.917. The number of hydrogen-bond acceptors (Lipinski definition) is 3. The minimum absolute atomic E-state index is 0.0683. The highest BCUT2D eigenvalue weighted by Crippen LogP contribution is 2.34. The van der Waals surface area contributed by atoms with Crippen molar-refractivity contribution >= 4 is 5.91 Å². The molecule has 94 valence electrons. The van der Waals surface area contributed by atoms with Gasteiger partial charge in [0.05, 0.1) is 13.2 Å². The van der Waals surface area contributed by atoms with E-state index in [9.17, 15) is 4.79 Å². The number of amides is 1. The van der Waals surface area contributed by atoms with E-state index in [0.29, 0.717) is 25.7 Å². The highest BCUT2D eigenvalue weighted by atomic mass is 16.5. The van der Waals surface area contributed by atoms with Crippen LogP contribution in [-0.2, 0) is 9.53 Å². The fraction of sp³-hybridized carbons (Fsp3) is 0.917. The highest BCUT2D eigenvalue weighted by Gasteiger charge is 2.30. The topological polar surface area (TPSA) is 50.4 Å². The minimum atomic E-state index is 0.0683. The molecule has 16 heavy (non-hydrogen) atoms. The fourth-order valence-electron chi connectivity index (χ4n) is 1.89. The largest absolute Gasteiger partial charge is 0.383 e. The molecule has 1 aliphatic carbocycles. The molecule has 4 nitrogen and oxygen atoms in total. The van der Waals surface area contributed by atoms with E-state index in [4.69, 9.17) is 4.74 Å². The molecule has 0 saturated heterocycles. The van der Waals surface area contributed by atoms with Crippen molar-refractivity contribution in [2.24, 2.45) is 5.92 Å². The lowest BCUT2D eigenvalue weighted by atomic mass is 10.1. The summed E-state index contributed by atoms with van der Waals surface area (Å²) in [4.78, 5) is 11.4. The molecule has 4 heteroatoms. The van der Waals surface area contributed by atoms with Gasteiger partial charge in [-0.3, -0.25) is 4.79 Å². The second kappa shape index (κ2) is 7.63. The molecule has 1 aliphatic rings. The van der Waals surface area contributed by atoms with E-state index in [1.54, 1.807) is 7.11 Å². The molecule has 0 heterocycles. The van der Waals surface area contributed by atoms with E-state index in [-0.39, 0.29) is 5.91 Å². The van der Waals surface area contributed by atoms with Gasteiger partial charge in [0.1, 0.15) is 0 Å². The number of carbonyl (C=O) groups excluding carboxylic acids is 1. The van der Waals surface area contributed by atoms with Crippen molar-refractivity contribution in [2.45, 2.75) is 38.6 Å². The molecule has 1 rings (SSSR count). The Morgan fingerprint density at radius 3 is 2.81 bits per heavy atom. The van der Waals surface area contributed by atoms with Crippen LogP contribution in [0.4, 0.5) is 0 Å². The molecule has 1 saturated carbocycles. The van der Waals surface area contributed by atoms with Crippen LogP contribution in [0.2, 0.25) is 0 Å². The third-order valence-electron chi connectivity index (χ3n) is 2.94. The van der Waals surface area contributed by atoms with E-state index in [1.807, 2.05) is 0 Å². The Kier molecular flexibility index (Phi) is 6.42. The first-order valence-electron chi connectivity index (χ1n) is 6.27. The molecule has 0 spiro atoms. The molecule has 0 aromatic rings. The maximum absolute atomic E-state index is 11.4. The van der Waals surface area contributed by atoms with Crippen molar-refractivity contribution < 1.29 is 9.53 Å². The van der Waals surface area contributed by atoms with Crippen molar-refractivity contribution in [1.82, 2.24) is 10.6 Å². The van der Waals surface area contributed by atoms with Gasteiger partial charge in [-0.2, -0.15) is 0 Å². The maximum Gasteiger partial charge on any atom is 0.234 e.